The number of carboxylic acids is 2. The lowest BCUT2D eigenvalue weighted by Crippen LogP contribution is -2.40. The van der Waals surface area contributed by atoms with Crippen LogP contribution < -0.4 is 5.32 Å². The van der Waals surface area contributed by atoms with Crippen molar-refractivity contribution >= 4 is 17.9 Å². The Labute approximate surface area is 123 Å². The Balaban J connectivity index is 0.000000315. The highest BCUT2D eigenvalue weighted by Gasteiger charge is 2.43. The van der Waals surface area contributed by atoms with E-state index in [4.69, 9.17) is 24.5 Å². The molecule has 120 valence electrons. The van der Waals surface area contributed by atoms with E-state index >= 15 is 0 Å². The van der Waals surface area contributed by atoms with Crippen molar-refractivity contribution in [2.24, 2.45) is 11.8 Å². The maximum absolute atomic E-state index is 11.9. The smallest absolute Gasteiger partial charge is 0.414 e. The molecule has 1 aliphatic heterocycles. The number of esters is 1. The first-order valence-electron chi connectivity index (χ1n) is 7.04. The zero-order valence-corrected chi connectivity index (χ0v) is 12.6. The summed E-state index contributed by atoms with van der Waals surface area (Å²) in [5, 5.41) is 18.1. The van der Waals surface area contributed by atoms with Gasteiger partial charge in [0.05, 0.1) is 0 Å². The van der Waals surface area contributed by atoms with Crippen molar-refractivity contribution < 1.29 is 29.3 Å². The number of hydrogen-bond acceptors (Lipinski definition) is 5. The van der Waals surface area contributed by atoms with Gasteiger partial charge in [0.1, 0.15) is 11.6 Å². The summed E-state index contributed by atoms with van der Waals surface area (Å²) in [6, 6.07) is -0.0447. The third kappa shape index (κ3) is 5.34. The average molecular weight is 301 g/mol. The van der Waals surface area contributed by atoms with Crippen molar-refractivity contribution in [3.8, 4) is 0 Å². The molecule has 0 aromatic heterocycles. The Hall–Kier alpha value is -1.63. The molecule has 1 unspecified atom stereocenters. The first-order chi connectivity index (χ1) is 9.61. The Morgan fingerprint density at radius 1 is 1.10 bits per heavy atom. The normalized spacial score (nSPS) is 27.3. The van der Waals surface area contributed by atoms with Crippen molar-refractivity contribution in [1.29, 1.82) is 0 Å². The van der Waals surface area contributed by atoms with Gasteiger partial charge in [-0.1, -0.05) is 6.42 Å². The van der Waals surface area contributed by atoms with Gasteiger partial charge in [0, 0.05) is 0 Å². The molecule has 0 spiro atoms. The molecule has 0 bridgehead atoms. The number of hydrogen-bond donors (Lipinski definition) is 3. The Morgan fingerprint density at radius 3 is 2.14 bits per heavy atom. The van der Waals surface area contributed by atoms with Crippen molar-refractivity contribution in [1.82, 2.24) is 5.32 Å². The van der Waals surface area contributed by atoms with Crippen LogP contribution in [0.1, 0.15) is 40.0 Å². The van der Waals surface area contributed by atoms with E-state index in [-0.39, 0.29) is 17.6 Å². The number of rotatable bonds is 1. The standard InChI is InChI=1S/C12H21NO2.C2H2O4/c1-12(2,3)15-11(14)10-9-6-4-5-8(9)7-13-10;3-1(4)2(5)6/h8-10,13H,4-7H2,1-3H3;(H,3,4)(H,5,6)/t8-,9-,10?;/m0./s1. The van der Waals surface area contributed by atoms with E-state index in [1.807, 2.05) is 20.8 Å². The van der Waals surface area contributed by atoms with Crippen LogP contribution in [0.5, 0.6) is 0 Å². The molecule has 1 aliphatic carbocycles. The fraction of sp³-hybridized carbons (Fsp3) is 0.786. The van der Waals surface area contributed by atoms with Gasteiger partial charge in [-0.25, -0.2) is 9.59 Å². The summed E-state index contributed by atoms with van der Waals surface area (Å²) >= 11 is 0. The van der Waals surface area contributed by atoms with Gasteiger partial charge in [-0.2, -0.15) is 0 Å². The van der Waals surface area contributed by atoms with Crippen LogP contribution in [0, 0.1) is 11.8 Å². The maximum Gasteiger partial charge on any atom is 0.414 e. The van der Waals surface area contributed by atoms with Gasteiger partial charge in [-0.15, -0.1) is 0 Å². The summed E-state index contributed by atoms with van der Waals surface area (Å²) in [6.07, 6.45) is 3.73. The van der Waals surface area contributed by atoms with Crippen LogP contribution in [0.4, 0.5) is 0 Å². The summed E-state index contributed by atoms with van der Waals surface area (Å²) in [5.74, 6) is -2.47. The van der Waals surface area contributed by atoms with Gasteiger partial charge in [0.2, 0.25) is 0 Å². The minimum atomic E-state index is -1.82. The molecule has 2 aliphatic rings. The Kier molecular flexibility index (Phi) is 5.71. The maximum atomic E-state index is 11.9. The number of carbonyl (C=O) groups is 3. The minimum absolute atomic E-state index is 0.0447. The van der Waals surface area contributed by atoms with E-state index in [9.17, 15) is 4.79 Å². The predicted molar refractivity (Wildman–Crippen MR) is 73.7 cm³/mol. The number of fused-ring (bicyclic) bond motifs is 1. The molecular formula is C14H23NO6. The average Bonchev–Trinajstić information content (AvgIpc) is 2.87. The molecule has 3 atom stereocenters. The van der Waals surface area contributed by atoms with E-state index in [1.54, 1.807) is 0 Å². The highest BCUT2D eigenvalue weighted by atomic mass is 16.6. The first-order valence-corrected chi connectivity index (χ1v) is 7.04. The topological polar surface area (TPSA) is 113 Å². The molecule has 1 saturated heterocycles. The van der Waals surface area contributed by atoms with E-state index < -0.39 is 11.9 Å². The van der Waals surface area contributed by atoms with Crippen molar-refractivity contribution in [3.05, 3.63) is 0 Å². The molecule has 2 fully saturated rings. The quantitative estimate of drug-likeness (QED) is 0.486. The summed E-state index contributed by atoms with van der Waals surface area (Å²) in [7, 11) is 0. The van der Waals surface area contributed by atoms with Gasteiger partial charge in [0.15, 0.2) is 0 Å². The van der Waals surface area contributed by atoms with Crippen LogP contribution in [0.25, 0.3) is 0 Å². The molecule has 7 heteroatoms. The Bertz CT molecular complexity index is 402. The van der Waals surface area contributed by atoms with Crippen molar-refractivity contribution in [2.45, 2.75) is 51.7 Å². The van der Waals surface area contributed by atoms with E-state index in [2.05, 4.69) is 5.32 Å². The lowest BCUT2D eigenvalue weighted by molar-refractivity contribution is -0.159. The second kappa shape index (κ2) is 6.89. The van der Waals surface area contributed by atoms with Crippen molar-refractivity contribution in [2.75, 3.05) is 6.54 Å². The molecule has 0 amide bonds. The van der Waals surface area contributed by atoms with Crippen LogP contribution in [0.2, 0.25) is 0 Å². The van der Waals surface area contributed by atoms with E-state index in [0.29, 0.717) is 11.8 Å². The predicted octanol–water partition coefficient (Wildman–Crippen LogP) is 0.872. The van der Waals surface area contributed by atoms with Gasteiger partial charge < -0.3 is 20.3 Å². The summed E-state index contributed by atoms with van der Waals surface area (Å²) < 4.78 is 5.43. The number of carboxylic acid groups (broad SMARTS) is 2. The van der Waals surface area contributed by atoms with Gasteiger partial charge in [0.25, 0.3) is 0 Å². The van der Waals surface area contributed by atoms with Crippen LogP contribution in [-0.2, 0) is 19.1 Å². The molecule has 21 heavy (non-hydrogen) atoms. The largest absolute Gasteiger partial charge is 0.473 e. The number of nitrogens with one attached hydrogen (secondary N) is 1. The van der Waals surface area contributed by atoms with Crippen LogP contribution in [-0.4, -0.2) is 46.3 Å². The number of carbonyl (C=O) groups excluding carboxylic acids is 1. The fourth-order valence-electron chi connectivity index (χ4n) is 2.81. The summed E-state index contributed by atoms with van der Waals surface area (Å²) in [5.41, 5.74) is -0.366. The second-order valence-electron chi connectivity index (χ2n) is 6.38. The molecule has 0 radical (unpaired) electrons. The molecular weight excluding hydrogens is 278 g/mol. The summed E-state index contributed by atoms with van der Waals surface area (Å²) in [6.45, 7) is 6.76. The molecule has 1 heterocycles. The van der Waals surface area contributed by atoms with Crippen molar-refractivity contribution in [3.63, 3.8) is 0 Å². The van der Waals surface area contributed by atoms with E-state index in [0.717, 1.165) is 6.54 Å². The number of aliphatic carboxylic acids is 2. The van der Waals surface area contributed by atoms with Crippen LogP contribution >= 0.6 is 0 Å². The molecule has 1 saturated carbocycles. The van der Waals surface area contributed by atoms with Crippen LogP contribution in [0.3, 0.4) is 0 Å². The summed E-state index contributed by atoms with van der Waals surface area (Å²) in [4.78, 5) is 30.1. The first kappa shape index (κ1) is 17.4. The third-order valence-corrected chi connectivity index (χ3v) is 3.59. The highest BCUT2D eigenvalue weighted by Crippen LogP contribution is 2.38. The minimum Gasteiger partial charge on any atom is -0.473 e. The fourth-order valence-corrected chi connectivity index (χ4v) is 2.81. The van der Waals surface area contributed by atoms with Gasteiger partial charge in [-0.3, -0.25) is 4.79 Å². The third-order valence-electron chi connectivity index (χ3n) is 3.59. The molecule has 3 N–H and O–H groups in total. The zero-order valence-electron chi connectivity index (χ0n) is 12.6. The second-order valence-corrected chi connectivity index (χ2v) is 6.38. The van der Waals surface area contributed by atoms with Gasteiger partial charge in [-0.05, 0) is 52.0 Å². The molecule has 0 aromatic carbocycles. The van der Waals surface area contributed by atoms with E-state index in [1.165, 1.54) is 19.3 Å². The lowest BCUT2D eigenvalue weighted by Gasteiger charge is -2.24. The molecule has 0 aromatic rings. The number of ether oxygens (including phenoxy) is 1. The van der Waals surface area contributed by atoms with Crippen LogP contribution in [0.15, 0.2) is 0 Å². The monoisotopic (exact) mass is 301 g/mol. The zero-order chi connectivity index (χ0) is 16.2. The van der Waals surface area contributed by atoms with Gasteiger partial charge >= 0.3 is 17.9 Å². The molecule has 2 rings (SSSR count). The lowest BCUT2D eigenvalue weighted by atomic mass is 9.94. The SMILES string of the molecule is CC(C)(C)OC(=O)C1NC[C@@H]2CCC[C@H]12.O=C(O)C(=O)O. The highest BCUT2D eigenvalue weighted by molar-refractivity contribution is 6.27. The molecule has 7 nitrogen and oxygen atoms in total. The Morgan fingerprint density at radius 2 is 1.67 bits per heavy atom.